The predicted molar refractivity (Wildman–Crippen MR) is 87.2 cm³/mol. The van der Waals surface area contributed by atoms with E-state index in [2.05, 4.69) is 15.3 Å². The van der Waals surface area contributed by atoms with Gasteiger partial charge in [-0.25, -0.2) is 4.98 Å². The lowest BCUT2D eigenvalue weighted by Crippen LogP contribution is -2.34. The molecule has 1 aliphatic rings. The number of benzene rings is 1. The van der Waals surface area contributed by atoms with Gasteiger partial charge in [-0.1, -0.05) is 18.2 Å². The number of aromatic nitrogens is 2. The van der Waals surface area contributed by atoms with Crippen molar-refractivity contribution in [2.24, 2.45) is 0 Å². The highest BCUT2D eigenvalue weighted by Gasteiger charge is 2.31. The third-order valence-electron chi connectivity index (χ3n) is 3.93. The Labute approximate surface area is 135 Å². The van der Waals surface area contributed by atoms with Crippen LogP contribution in [-0.4, -0.2) is 41.0 Å². The maximum Gasteiger partial charge on any atom is 0.261 e. The van der Waals surface area contributed by atoms with Crippen LogP contribution in [0.2, 0.25) is 0 Å². The molecule has 1 N–H and O–H groups in total. The van der Waals surface area contributed by atoms with Gasteiger partial charge in [0.05, 0.1) is 24.1 Å². The van der Waals surface area contributed by atoms with E-state index in [1.54, 1.807) is 19.4 Å². The number of amides is 1. The number of likely N-dealkylation sites (tertiary alicyclic amines) is 1. The Kier molecular flexibility index (Phi) is 4.71. The molecule has 0 aliphatic carbocycles. The summed E-state index contributed by atoms with van der Waals surface area (Å²) in [6.07, 6.45) is 5.27. The summed E-state index contributed by atoms with van der Waals surface area (Å²) in [6, 6.07) is 9.35. The van der Waals surface area contributed by atoms with Gasteiger partial charge < -0.3 is 15.0 Å². The maximum absolute atomic E-state index is 12.5. The molecule has 1 fully saturated rings. The molecule has 0 unspecified atom stereocenters. The summed E-state index contributed by atoms with van der Waals surface area (Å²) in [7, 11) is 1.80. The second-order valence-corrected chi connectivity index (χ2v) is 5.43. The number of carbonyl (C=O) groups excluding carboxylic acids is 1. The highest BCUT2D eigenvalue weighted by atomic mass is 16.5. The molecular formula is C17H20N4O2. The number of hydrogen-bond donors (Lipinski definition) is 1. The number of nitrogens with zero attached hydrogens (tertiary/aromatic N) is 3. The summed E-state index contributed by atoms with van der Waals surface area (Å²) in [5.41, 5.74) is 0.822. The predicted octanol–water partition coefficient (Wildman–Crippen LogP) is 2.26. The van der Waals surface area contributed by atoms with Gasteiger partial charge in [-0.3, -0.25) is 9.78 Å². The van der Waals surface area contributed by atoms with Crippen molar-refractivity contribution >= 4 is 11.7 Å². The van der Waals surface area contributed by atoms with Crippen LogP contribution in [0.1, 0.15) is 24.6 Å². The van der Waals surface area contributed by atoms with E-state index < -0.39 is 0 Å². The second kappa shape index (κ2) is 7.09. The average Bonchev–Trinajstić information content (AvgIpc) is 3.10. The molecule has 2 heterocycles. The minimum absolute atomic E-state index is 0.0204. The summed E-state index contributed by atoms with van der Waals surface area (Å²) in [4.78, 5) is 23.0. The fourth-order valence-corrected chi connectivity index (χ4v) is 2.78. The van der Waals surface area contributed by atoms with E-state index in [4.69, 9.17) is 4.74 Å². The van der Waals surface area contributed by atoms with E-state index in [0.29, 0.717) is 11.6 Å². The molecule has 1 atom stereocenters. The number of carbonyl (C=O) groups is 1. The third kappa shape index (κ3) is 3.59. The molecule has 0 radical (unpaired) electrons. The molecular weight excluding hydrogens is 292 g/mol. The van der Waals surface area contributed by atoms with Crippen LogP contribution in [0.25, 0.3) is 0 Å². The summed E-state index contributed by atoms with van der Waals surface area (Å²) in [5.74, 6) is 1.39. The molecule has 0 bridgehead atoms. The lowest BCUT2D eigenvalue weighted by Gasteiger charge is -2.24. The van der Waals surface area contributed by atoms with Crippen LogP contribution in [0.3, 0.4) is 0 Å². The minimum Gasteiger partial charge on any atom is -0.484 e. The zero-order valence-electron chi connectivity index (χ0n) is 13.1. The van der Waals surface area contributed by atoms with Crippen molar-refractivity contribution in [3.05, 3.63) is 48.4 Å². The normalized spacial score (nSPS) is 17.1. The summed E-state index contributed by atoms with van der Waals surface area (Å²) >= 11 is 0. The van der Waals surface area contributed by atoms with Crippen LogP contribution in [0.4, 0.5) is 5.82 Å². The van der Waals surface area contributed by atoms with E-state index in [0.717, 1.165) is 25.1 Å². The van der Waals surface area contributed by atoms with Gasteiger partial charge in [-0.05, 0) is 25.0 Å². The standard InChI is InChI=1S/C17H20N4O2/c1-18-16-11-19-10-14(20-16)15-8-5-9-21(15)17(22)12-23-13-6-3-2-4-7-13/h2-4,6-7,10-11,15H,5,8-9,12H2,1H3,(H,18,20)/t15-/m0/s1. The quantitative estimate of drug-likeness (QED) is 0.917. The molecule has 0 saturated carbocycles. The van der Waals surface area contributed by atoms with Crippen molar-refractivity contribution in [2.75, 3.05) is 25.5 Å². The molecule has 23 heavy (non-hydrogen) atoms. The summed E-state index contributed by atoms with van der Waals surface area (Å²) in [5, 5.41) is 2.98. The van der Waals surface area contributed by atoms with Crippen molar-refractivity contribution in [1.82, 2.24) is 14.9 Å². The van der Waals surface area contributed by atoms with Gasteiger partial charge in [0.15, 0.2) is 6.61 Å². The fraction of sp³-hybridized carbons (Fsp3) is 0.353. The number of hydrogen-bond acceptors (Lipinski definition) is 5. The first-order valence-corrected chi connectivity index (χ1v) is 7.75. The molecule has 120 valence electrons. The molecule has 6 nitrogen and oxygen atoms in total. The summed E-state index contributed by atoms with van der Waals surface area (Å²) < 4.78 is 5.57. The Hall–Kier alpha value is -2.63. The van der Waals surface area contributed by atoms with E-state index in [1.165, 1.54) is 0 Å². The first kappa shape index (κ1) is 15.3. The molecule has 6 heteroatoms. The maximum atomic E-state index is 12.5. The monoisotopic (exact) mass is 312 g/mol. The first-order valence-electron chi connectivity index (χ1n) is 7.75. The number of ether oxygens (including phenoxy) is 1. The van der Waals surface area contributed by atoms with Gasteiger partial charge in [0.25, 0.3) is 5.91 Å². The highest BCUT2D eigenvalue weighted by molar-refractivity contribution is 5.78. The van der Waals surface area contributed by atoms with E-state index in [-0.39, 0.29) is 18.6 Å². The fourth-order valence-electron chi connectivity index (χ4n) is 2.78. The molecule has 1 aromatic carbocycles. The third-order valence-corrected chi connectivity index (χ3v) is 3.93. The van der Waals surface area contributed by atoms with Crippen LogP contribution < -0.4 is 10.1 Å². The Morgan fingerprint density at radius 2 is 2.17 bits per heavy atom. The van der Waals surface area contributed by atoms with Crippen molar-refractivity contribution in [1.29, 1.82) is 0 Å². The van der Waals surface area contributed by atoms with Crippen LogP contribution in [0, 0.1) is 0 Å². The molecule has 1 aliphatic heterocycles. The zero-order valence-corrected chi connectivity index (χ0v) is 13.1. The van der Waals surface area contributed by atoms with Gasteiger partial charge in [0.2, 0.25) is 0 Å². The van der Waals surface area contributed by atoms with Gasteiger partial charge >= 0.3 is 0 Å². The zero-order chi connectivity index (χ0) is 16.1. The minimum atomic E-state index is -0.0253. The molecule has 1 amide bonds. The molecule has 1 saturated heterocycles. The smallest absolute Gasteiger partial charge is 0.261 e. The first-order chi connectivity index (χ1) is 11.3. The number of para-hydroxylation sites is 1. The van der Waals surface area contributed by atoms with Gasteiger partial charge in [-0.2, -0.15) is 0 Å². The number of anilines is 1. The van der Waals surface area contributed by atoms with Gasteiger partial charge in [0, 0.05) is 13.6 Å². The van der Waals surface area contributed by atoms with E-state index in [1.807, 2.05) is 35.2 Å². The second-order valence-electron chi connectivity index (χ2n) is 5.43. The Bertz CT molecular complexity index is 663. The highest BCUT2D eigenvalue weighted by Crippen LogP contribution is 2.31. The molecule has 0 spiro atoms. The van der Waals surface area contributed by atoms with Crippen molar-refractivity contribution in [3.63, 3.8) is 0 Å². The number of rotatable bonds is 5. The SMILES string of the molecule is CNc1cncc([C@@H]2CCCN2C(=O)COc2ccccc2)n1. The number of nitrogens with one attached hydrogen (secondary N) is 1. The lowest BCUT2D eigenvalue weighted by molar-refractivity contribution is -0.134. The van der Waals surface area contributed by atoms with Crippen molar-refractivity contribution < 1.29 is 9.53 Å². The average molecular weight is 312 g/mol. The molecule has 3 rings (SSSR count). The van der Waals surface area contributed by atoms with Crippen LogP contribution in [0.5, 0.6) is 5.75 Å². The topological polar surface area (TPSA) is 67.4 Å². The molecule has 1 aromatic heterocycles. The van der Waals surface area contributed by atoms with Crippen LogP contribution in [-0.2, 0) is 4.79 Å². The van der Waals surface area contributed by atoms with Crippen LogP contribution >= 0.6 is 0 Å². The van der Waals surface area contributed by atoms with Gasteiger partial charge in [0.1, 0.15) is 11.6 Å². The van der Waals surface area contributed by atoms with Crippen LogP contribution in [0.15, 0.2) is 42.7 Å². The molecule has 2 aromatic rings. The lowest BCUT2D eigenvalue weighted by atomic mass is 10.1. The Morgan fingerprint density at radius 3 is 2.96 bits per heavy atom. The summed E-state index contributed by atoms with van der Waals surface area (Å²) in [6.45, 7) is 0.771. The Morgan fingerprint density at radius 1 is 1.35 bits per heavy atom. The van der Waals surface area contributed by atoms with E-state index in [9.17, 15) is 4.79 Å². The van der Waals surface area contributed by atoms with Gasteiger partial charge in [-0.15, -0.1) is 0 Å². The van der Waals surface area contributed by atoms with E-state index >= 15 is 0 Å². The van der Waals surface area contributed by atoms with Crippen molar-refractivity contribution in [2.45, 2.75) is 18.9 Å². The van der Waals surface area contributed by atoms with Crippen molar-refractivity contribution in [3.8, 4) is 5.75 Å². The largest absolute Gasteiger partial charge is 0.484 e. The Balaban J connectivity index is 1.67.